The van der Waals surface area contributed by atoms with E-state index >= 15 is 0 Å². The minimum Gasteiger partial charge on any atom is -0.358 e. The first-order valence-corrected chi connectivity index (χ1v) is 7.52. The average Bonchev–Trinajstić information content (AvgIpc) is 2.75. The summed E-state index contributed by atoms with van der Waals surface area (Å²) in [6.07, 6.45) is 0. The van der Waals surface area contributed by atoms with Crippen LogP contribution in [0.15, 0.2) is 17.2 Å². The third kappa shape index (κ3) is 3.51. The Hall–Kier alpha value is -1.47. The van der Waals surface area contributed by atoms with E-state index in [1.807, 2.05) is 26.0 Å². The van der Waals surface area contributed by atoms with E-state index in [2.05, 4.69) is 20.5 Å². The van der Waals surface area contributed by atoms with Crippen molar-refractivity contribution in [2.45, 2.75) is 18.9 Å². The zero-order valence-corrected chi connectivity index (χ0v) is 12.6. The molecule has 100 valence electrons. The summed E-state index contributed by atoms with van der Waals surface area (Å²) >= 11 is 2.98. The van der Waals surface area contributed by atoms with Crippen molar-refractivity contribution < 1.29 is 4.79 Å². The van der Waals surface area contributed by atoms with Crippen molar-refractivity contribution in [2.24, 2.45) is 0 Å². The molecule has 0 aliphatic rings. The number of aryl methyl sites for hydroxylation is 2. The van der Waals surface area contributed by atoms with Crippen LogP contribution >= 0.6 is 23.1 Å². The number of hydrogen-bond acceptors (Lipinski definition) is 6. The first-order chi connectivity index (χ1) is 9.10. The molecule has 1 N–H and O–H groups in total. The normalized spacial score (nSPS) is 10.5. The van der Waals surface area contributed by atoms with Crippen molar-refractivity contribution in [1.82, 2.24) is 20.5 Å². The van der Waals surface area contributed by atoms with Crippen molar-refractivity contribution in [3.63, 3.8) is 0 Å². The van der Waals surface area contributed by atoms with Crippen LogP contribution in [-0.2, 0) is 4.79 Å². The molecule has 7 heteroatoms. The van der Waals surface area contributed by atoms with Crippen LogP contribution in [0.25, 0.3) is 10.6 Å². The first-order valence-electron chi connectivity index (χ1n) is 5.71. The largest absolute Gasteiger partial charge is 0.358 e. The molecule has 2 aromatic heterocycles. The van der Waals surface area contributed by atoms with Crippen LogP contribution in [0.3, 0.4) is 0 Å². The molecule has 0 bridgehead atoms. The highest BCUT2D eigenvalue weighted by molar-refractivity contribution is 7.99. The smallest absolute Gasteiger partial charge is 0.230 e. The third-order valence-corrected chi connectivity index (χ3v) is 4.42. The lowest BCUT2D eigenvalue weighted by Crippen LogP contribution is -2.19. The lowest BCUT2D eigenvalue weighted by Gasteiger charge is -2.01. The average molecular weight is 294 g/mol. The van der Waals surface area contributed by atoms with Crippen molar-refractivity contribution in [2.75, 3.05) is 12.8 Å². The number of carbonyl (C=O) groups is 1. The van der Waals surface area contributed by atoms with E-state index in [9.17, 15) is 4.79 Å². The van der Waals surface area contributed by atoms with E-state index in [0.717, 1.165) is 26.3 Å². The van der Waals surface area contributed by atoms with Gasteiger partial charge in [0, 0.05) is 7.05 Å². The lowest BCUT2D eigenvalue weighted by atomic mass is 10.3. The molecule has 0 saturated carbocycles. The summed E-state index contributed by atoms with van der Waals surface area (Å²) in [5.41, 5.74) is 1.80. The molecule has 2 aromatic rings. The number of rotatable bonds is 4. The van der Waals surface area contributed by atoms with Crippen LogP contribution in [0, 0.1) is 13.8 Å². The highest BCUT2D eigenvalue weighted by Crippen LogP contribution is 2.28. The quantitative estimate of drug-likeness (QED) is 0.874. The Bertz CT molecular complexity index is 580. The SMILES string of the molecule is CNC(=O)CSc1ccc(-c2sc(C)nc2C)nn1. The number of hydrogen-bond donors (Lipinski definition) is 1. The van der Waals surface area contributed by atoms with Gasteiger partial charge in [0.2, 0.25) is 5.91 Å². The molecule has 0 atom stereocenters. The molecular weight excluding hydrogens is 280 g/mol. The molecule has 19 heavy (non-hydrogen) atoms. The van der Waals surface area contributed by atoms with Crippen molar-refractivity contribution in [3.05, 3.63) is 22.8 Å². The highest BCUT2D eigenvalue weighted by Gasteiger charge is 2.10. The van der Waals surface area contributed by atoms with Crippen LogP contribution < -0.4 is 5.32 Å². The molecule has 0 saturated heterocycles. The van der Waals surface area contributed by atoms with Crippen LogP contribution in [0.2, 0.25) is 0 Å². The number of amides is 1. The number of thioether (sulfide) groups is 1. The maximum absolute atomic E-state index is 11.1. The van der Waals surface area contributed by atoms with E-state index in [4.69, 9.17) is 0 Å². The molecule has 2 rings (SSSR count). The van der Waals surface area contributed by atoms with Gasteiger partial charge in [0.1, 0.15) is 10.7 Å². The third-order valence-electron chi connectivity index (χ3n) is 2.41. The second kappa shape index (κ2) is 6.12. The Morgan fingerprint density at radius 3 is 2.68 bits per heavy atom. The van der Waals surface area contributed by atoms with E-state index in [-0.39, 0.29) is 5.91 Å². The minimum atomic E-state index is -0.0233. The van der Waals surface area contributed by atoms with E-state index in [1.165, 1.54) is 11.8 Å². The monoisotopic (exact) mass is 294 g/mol. The van der Waals surface area contributed by atoms with Crippen LogP contribution in [0.4, 0.5) is 0 Å². The summed E-state index contributed by atoms with van der Waals surface area (Å²) in [4.78, 5) is 16.6. The standard InChI is InChI=1S/C12H14N4OS2/c1-7-12(19-8(2)14-7)9-4-5-11(16-15-9)18-6-10(17)13-3/h4-5H,6H2,1-3H3,(H,13,17). The van der Waals surface area contributed by atoms with Crippen LogP contribution in [0.5, 0.6) is 0 Å². The fourth-order valence-corrected chi connectivity index (χ4v) is 3.07. The molecule has 0 unspecified atom stereocenters. The minimum absolute atomic E-state index is 0.0233. The zero-order chi connectivity index (χ0) is 13.8. The maximum atomic E-state index is 11.1. The zero-order valence-electron chi connectivity index (χ0n) is 10.9. The number of nitrogens with zero attached hydrogens (tertiary/aromatic N) is 3. The first kappa shape index (κ1) is 14.0. The molecule has 0 fully saturated rings. The number of aromatic nitrogens is 3. The van der Waals surface area contributed by atoms with Gasteiger partial charge in [0.15, 0.2) is 0 Å². The number of carbonyl (C=O) groups excluding carboxylic acids is 1. The molecule has 0 aliphatic carbocycles. The van der Waals surface area contributed by atoms with Gasteiger partial charge in [0.05, 0.1) is 21.3 Å². The van der Waals surface area contributed by atoms with Crippen molar-refractivity contribution in [1.29, 1.82) is 0 Å². The van der Waals surface area contributed by atoms with Gasteiger partial charge in [-0.2, -0.15) is 0 Å². The van der Waals surface area contributed by atoms with Gasteiger partial charge in [-0.15, -0.1) is 21.5 Å². The fraction of sp³-hybridized carbons (Fsp3) is 0.333. The second-order valence-electron chi connectivity index (χ2n) is 3.87. The Kier molecular flexibility index (Phi) is 4.49. The molecule has 1 amide bonds. The lowest BCUT2D eigenvalue weighted by molar-refractivity contribution is -0.118. The molecule has 0 radical (unpaired) electrons. The van der Waals surface area contributed by atoms with Crippen molar-refractivity contribution in [3.8, 4) is 10.6 Å². The van der Waals surface area contributed by atoms with Gasteiger partial charge in [-0.1, -0.05) is 11.8 Å². The number of thiazole rings is 1. The Morgan fingerprint density at radius 1 is 1.37 bits per heavy atom. The number of nitrogens with one attached hydrogen (secondary N) is 1. The van der Waals surface area contributed by atoms with Gasteiger partial charge in [-0.05, 0) is 26.0 Å². The van der Waals surface area contributed by atoms with Gasteiger partial charge >= 0.3 is 0 Å². The topological polar surface area (TPSA) is 67.8 Å². The highest BCUT2D eigenvalue weighted by atomic mass is 32.2. The summed E-state index contributed by atoms with van der Waals surface area (Å²) < 4.78 is 0. The molecule has 0 aromatic carbocycles. The fourth-order valence-electron chi connectivity index (χ4n) is 1.50. The molecule has 0 aliphatic heterocycles. The second-order valence-corrected chi connectivity index (χ2v) is 6.06. The Morgan fingerprint density at radius 2 is 2.16 bits per heavy atom. The Balaban J connectivity index is 2.10. The van der Waals surface area contributed by atoms with E-state index < -0.39 is 0 Å². The molecule has 5 nitrogen and oxygen atoms in total. The summed E-state index contributed by atoms with van der Waals surface area (Å²) in [6, 6.07) is 3.80. The summed E-state index contributed by atoms with van der Waals surface area (Å²) in [5.74, 6) is 0.327. The van der Waals surface area contributed by atoms with Gasteiger partial charge < -0.3 is 5.32 Å². The van der Waals surface area contributed by atoms with Crippen LogP contribution in [-0.4, -0.2) is 33.9 Å². The van der Waals surface area contributed by atoms with E-state index in [1.54, 1.807) is 18.4 Å². The van der Waals surface area contributed by atoms with Gasteiger partial charge in [-0.25, -0.2) is 4.98 Å². The predicted octanol–water partition coefficient (Wildman–Crippen LogP) is 2.06. The van der Waals surface area contributed by atoms with Gasteiger partial charge in [-0.3, -0.25) is 4.79 Å². The summed E-state index contributed by atoms with van der Waals surface area (Å²) in [7, 11) is 1.62. The Labute approximate surface area is 119 Å². The van der Waals surface area contributed by atoms with E-state index in [0.29, 0.717) is 5.75 Å². The summed E-state index contributed by atoms with van der Waals surface area (Å²) in [5, 5.41) is 12.6. The summed E-state index contributed by atoms with van der Waals surface area (Å²) in [6.45, 7) is 3.94. The molecule has 0 spiro atoms. The maximum Gasteiger partial charge on any atom is 0.230 e. The molecular formula is C12H14N4OS2. The predicted molar refractivity (Wildman–Crippen MR) is 77.4 cm³/mol. The molecule has 2 heterocycles. The van der Waals surface area contributed by atoms with Crippen LogP contribution in [0.1, 0.15) is 10.7 Å². The van der Waals surface area contributed by atoms with Gasteiger partial charge in [0.25, 0.3) is 0 Å². The van der Waals surface area contributed by atoms with Crippen molar-refractivity contribution >= 4 is 29.0 Å².